The molecule has 6 heteroatoms. The molecule has 0 aromatic heterocycles. The average molecular weight is 275 g/mol. The maximum absolute atomic E-state index is 11.2. The van der Waals surface area contributed by atoms with Crippen molar-refractivity contribution in [3.8, 4) is 11.5 Å². The Balaban J connectivity index is 2.59. The minimum absolute atomic E-state index is 0.0549. The molecule has 0 unspecified atom stereocenters. The molecule has 0 aliphatic carbocycles. The Kier molecular flexibility index (Phi) is 3.05. The van der Waals surface area contributed by atoms with E-state index in [1.807, 2.05) is 19.1 Å². The van der Waals surface area contributed by atoms with Crippen molar-refractivity contribution in [2.45, 2.75) is 6.92 Å². The highest BCUT2D eigenvalue weighted by molar-refractivity contribution is 8.17. The standard InChI is InChI=1S/C11H11ClO4S/c1-7-3-8-5-9(17(12,13)14)6-16-11(8)10(4-7)15-2/h3-5H,6H2,1-2H3. The van der Waals surface area contributed by atoms with Gasteiger partial charge < -0.3 is 9.47 Å². The van der Waals surface area contributed by atoms with Crippen molar-refractivity contribution in [1.82, 2.24) is 0 Å². The molecule has 17 heavy (non-hydrogen) atoms. The van der Waals surface area contributed by atoms with Crippen LogP contribution in [0, 0.1) is 6.92 Å². The van der Waals surface area contributed by atoms with Gasteiger partial charge in [-0.1, -0.05) is 0 Å². The van der Waals surface area contributed by atoms with Crippen molar-refractivity contribution < 1.29 is 17.9 Å². The number of halogens is 1. The number of methoxy groups -OCH3 is 1. The van der Waals surface area contributed by atoms with Crippen LogP contribution in [-0.2, 0) is 9.05 Å². The first-order valence-corrected chi connectivity index (χ1v) is 7.19. The molecule has 92 valence electrons. The summed E-state index contributed by atoms with van der Waals surface area (Å²) < 4.78 is 33.0. The Morgan fingerprint density at radius 3 is 2.71 bits per heavy atom. The van der Waals surface area contributed by atoms with E-state index >= 15 is 0 Å². The summed E-state index contributed by atoms with van der Waals surface area (Å²) in [7, 11) is 3.09. The molecule has 0 radical (unpaired) electrons. The van der Waals surface area contributed by atoms with Gasteiger partial charge in [0.05, 0.1) is 12.0 Å². The highest BCUT2D eigenvalue weighted by atomic mass is 35.7. The van der Waals surface area contributed by atoms with Gasteiger partial charge in [0.25, 0.3) is 9.05 Å². The number of hydrogen-bond acceptors (Lipinski definition) is 4. The SMILES string of the molecule is COc1cc(C)cc2c1OCC(S(=O)(=O)Cl)=C2. The van der Waals surface area contributed by atoms with E-state index in [1.165, 1.54) is 13.2 Å². The largest absolute Gasteiger partial charge is 0.493 e. The van der Waals surface area contributed by atoms with Crippen LogP contribution in [0.2, 0.25) is 0 Å². The number of fused-ring (bicyclic) bond motifs is 1. The predicted octanol–water partition coefficient (Wildman–Crippen LogP) is 2.31. The lowest BCUT2D eigenvalue weighted by Crippen LogP contribution is -2.12. The van der Waals surface area contributed by atoms with Gasteiger partial charge in [-0.2, -0.15) is 0 Å². The van der Waals surface area contributed by atoms with Crippen LogP contribution in [0.3, 0.4) is 0 Å². The number of hydrogen-bond donors (Lipinski definition) is 0. The summed E-state index contributed by atoms with van der Waals surface area (Å²) in [5.74, 6) is 1.13. The van der Waals surface area contributed by atoms with Gasteiger partial charge >= 0.3 is 0 Å². The van der Waals surface area contributed by atoms with E-state index in [9.17, 15) is 8.42 Å². The topological polar surface area (TPSA) is 52.6 Å². The fourth-order valence-corrected chi connectivity index (χ4v) is 2.41. The van der Waals surface area contributed by atoms with E-state index in [4.69, 9.17) is 20.2 Å². The second-order valence-corrected chi connectivity index (χ2v) is 6.34. The molecule has 4 nitrogen and oxygen atoms in total. The smallest absolute Gasteiger partial charge is 0.260 e. The number of aryl methyl sites for hydroxylation is 1. The first-order valence-electron chi connectivity index (χ1n) is 4.88. The molecule has 0 fully saturated rings. The average Bonchev–Trinajstić information content (AvgIpc) is 2.25. The van der Waals surface area contributed by atoms with Crippen molar-refractivity contribution in [2.24, 2.45) is 0 Å². The minimum atomic E-state index is -3.73. The molecule has 0 amide bonds. The first-order chi connectivity index (χ1) is 7.91. The first kappa shape index (κ1) is 12.3. The van der Waals surface area contributed by atoms with E-state index in [0.717, 1.165) is 5.56 Å². The van der Waals surface area contributed by atoms with Crippen molar-refractivity contribution >= 4 is 25.8 Å². The number of benzene rings is 1. The normalized spacial score (nSPS) is 14.6. The summed E-state index contributed by atoms with van der Waals surface area (Å²) in [6.07, 6.45) is 1.51. The molecular weight excluding hydrogens is 264 g/mol. The third kappa shape index (κ3) is 2.40. The van der Waals surface area contributed by atoms with Crippen molar-refractivity contribution in [2.75, 3.05) is 13.7 Å². The van der Waals surface area contributed by atoms with E-state index in [1.54, 1.807) is 0 Å². The minimum Gasteiger partial charge on any atom is -0.493 e. The van der Waals surface area contributed by atoms with Gasteiger partial charge in [0, 0.05) is 16.2 Å². The third-order valence-electron chi connectivity index (χ3n) is 2.44. The molecule has 0 bridgehead atoms. The molecule has 2 rings (SSSR count). The molecular formula is C11H11ClO4S. The van der Waals surface area contributed by atoms with Gasteiger partial charge in [-0.15, -0.1) is 0 Å². The maximum Gasteiger partial charge on any atom is 0.260 e. The molecule has 1 aromatic rings. The van der Waals surface area contributed by atoms with E-state index in [0.29, 0.717) is 17.1 Å². The van der Waals surface area contributed by atoms with E-state index in [-0.39, 0.29) is 11.5 Å². The molecule has 0 saturated carbocycles. The summed E-state index contributed by atoms with van der Waals surface area (Å²) in [6.45, 7) is 1.82. The van der Waals surface area contributed by atoms with Crippen LogP contribution >= 0.6 is 10.7 Å². The Morgan fingerprint density at radius 2 is 2.12 bits per heavy atom. The molecule has 0 N–H and O–H groups in total. The second kappa shape index (κ2) is 4.23. The van der Waals surface area contributed by atoms with Gasteiger partial charge in [0.15, 0.2) is 11.5 Å². The van der Waals surface area contributed by atoms with E-state index in [2.05, 4.69) is 0 Å². The lowest BCUT2D eigenvalue weighted by Gasteiger charge is -2.19. The van der Waals surface area contributed by atoms with Gasteiger partial charge in [-0.25, -0.2) is 8.42 Å². The summed E-state index contributed by atoms with van der Waals surface area (Å²) >= 11 is 0. The zero-order valence-corrected chi connectivity index (χ0v) is 10.9. The maximum atomic E-state index is 11.2. The van der Waals surface area contributed by atoms with Gasteiger partial charge in [0.1, 0.15) is 6.61 Å². The molecule has 0 saturated heterocycles. The second-order valence-electron chi connectivity index (χ2n) is 3.72. The lowest BCUT2D eigenvalue weighted by molar-refractivity contribution is 0.319. The van der Waals surface area contributed by atoms with Gasteiger partial charge in [0.2, 0.25) is 0 Å². The number of ether oxygens (including phenoxy) is 2. The summed E-state index contributed by atoms with van der Waals surface area (Å²) in [6, 6.07) is 3.64. The van der Waals surface area contributed by atoms with Crippen molar-refractivity contribution in [1.29, 1.82) is 0 Å². The van der Waals surface area contributed by atoms with Crippen LogP contribution < -0.4 is 9.47 Å². The van der Waals surface area contributed by atoms with Gasteiger partial charge in [-0.05, 0) is 30.7 Å². The molecule has 1 aromatic carbocycles. The van der Waals surface area contributed by atoms with Crippen LogP contribution in [0.1, 0.15) is 11.1 Å². The van der Waals surface area contributed by atoms with Crippen molar-refractivity contribution in [3.05, 3.63) is 28.2 Å². The Hall–Kier alpha value is -1.20. The van der Waals surface area contributed by atoms with Crippen LogP contribution in [0.25, 0.3) is 6.08 Å². The molecule has 0 spiro atoms. The predicted molar refractivity (Wildman–Crippen MR) is 66.0 cm³/mol. The quantitative estimate of drug-likeness (QED) is 0.777. The van der Waals surface area contributed by atoms with Crippen LogP contribution in [0.4, 0.5) is 0 Å². The van der Waals surface area contributed by atoms with Crippen LogP contribution in [0.5, 0.6) is 11.5 Å². The fraction of sp³-hybridized carbons (Fsp3) is 0.273. The van der Waals surface area contributed by atoms with E-state index < -0.39 is 9.05 Å². The lowest BCUT2D eigenvalue weighted by atomic mass is 10.1. The van der Waals surface area contributed by atoms with Gasteiger partial charge in [-0.3, -0.25) is 0 Å². The third-order valence-corrected chi connectivity index (χ3v) is 3.89. The highest BCUT2D eigenvalue weighted by Crippen LogP contribution is 2.38. The zero-order chi connectivity index (χ0) is 12.6. The molecule has 1 aliphatic rings. The summed E-state index contributed by atoms with van der Waals surface area (Å²) in [4.78, 5) is 0.0549. The number of rotatable bonds is 2. The Labute approximate surface area is 104 Å². The van der Waals surface area contributed by atoms with Crippen LogP contribution in [0.15, 0.2) is 17.0 Å². The van der Waals surface area contributed by atoms with Crippen LogP contribution in [-0.4, -0.2) is 22.1 Å². The fourth-order valence-electron chi connectivity index (χ4n) is 1.68. The Bertz CT molecular complexity index is 590. The monoisotopic (exact) mass is 274 g/mol. The summed E-state index contributed by atoms with van der Waals surface area (Å²) in [5, 5.41) is 0. The molecule has 1 aliphatic heterocycles. The molecule has 1 heterocycles. The van der Waals surface area contributed by atoms with Crippen molar-refractivity contribution in [3.63, 3.8) is 0 Å². The Morgan fingerprint density at radius 1 is 1.41 bits per heavy atom. The zero-order valence-electron chi connectivity index (χ0n) is 9.36. The summed E-state index contributed by atoms with van der Waals surface area (Å²) in [5.41, 5.74) is 1.61. The molecule has 0 atom stereocenters. The highest BCUT2D eigenvalue weighted by Gasteiger charge is 2.23.